The van der Waals surface area contributed by atoms with Crippen molar-refractivity contribution in [3.8, 4) is 0 Å². The van der Waals surface area contributed by atoms with Crippen LogP contribution in [0, 0.1) is 0 Å². The molecule has 3 aromatic rings. The summed E-state index contributed by atoms with van der Waals surface area (Å²) in [6, 6.07) is 8.56. The molecular weight excluding hydrogens is 376 g/mol. The number of amides is 3. The molecule has 3 amide bonds. The monoisotopic (exact) mass is 396 g/mol. The molecule has 3 heterocycles. The topological polar surface area (TPSA) is 83.8 Å². The summed E-state index contributed by atoms with van der Waals surface area (Å²) in [5.74, 6) is 0.0209. The minimum Gasteiger partial charge on any atom is -0.319 e. The lowest BCUT2D eigenvalue weighted by Gasteiger charge is -2.22. The molecule has 1 saturated heterocycles. The summed E-state index contributed by atoms with van der Waals surface area (Å²) < 4.78 is 1.43. The van der Waals surface area contributed by atoms with E-state index in [1.807, 2.05) is 24.3 Å². The van der Waals surface area contributed by atoms with Crippen LogP contribution in [0.3, 0.4) is 0 Å². The summed E-state index contributed by atoms with van der Waals surface area (Å²) in [6.45, 7) is 5.85. The second kappa shape index (κ2) is 6.56. The van der Waals surface area contributed by atoms with Gasteiger partial charge in [0, 0.05) is 17.6 Å². The quantitative estimate of drug-likeness (QED) is 0.688. The van der Waals surface area contributed by atoms with Gasteiger partial charge in [0.25, 0.3) is 11.5 Å². The Kier molecular flexibility index (Phi) is 4.30. The molecule has 7 nitrogen and oxygen atoms in total. The molecule has 1 fully saturated rings. The summed E-state index contributed by atoms with van der Waals surface area (Å²) in [7, 11) is 0. The second-order valence-corrected chi connectivity index (χ2v) is 8.24. The van der Waals surface area contributed by atoms with Gasteiger partial charge in [0.15, 0.2) is 4.96 Å². The molecule has 4 rings (SSSR count). The van der Waals surface area contributed by atoms with Crippen LogP contribution in [0.15, 0.2) is 46.7 Å². The fourth-order valence-electron chi connectivity index (χ4n) is 3.37. The van der Waals surface area contributed by atoms with E-state index in [1.54, 1.807) is 18.5 Å². The summed E-state index contributed by atoms with van der Waals surface area (Å²) in [6.07, 6.45) is 1.64. The Morgan fingerprint density at radius 2 is 1.89 bits per heavy atom. The highest BCUT2D eigenvalue weighted by atomic mass is 32.1. The zero-order valence-electron chi connectivity index (χ0n) is 15.8. The van der Waals surface area contributed by atoms with Crippen molar-refractivity contribution in [1.82, 2.24) is 19.6 Å². The fourth-order valence-corrected chi connectivity index (χ4v) is 4.11. The molecule has 0 radical (unpaired) electrons. The Morgan fingerprint density at radius 3 is 2.57 bits per heavy atom. The van der Waals surface area contributed by atoms with E-state index in [2.05, 4.69) is 24.1 Å². The number of benzene rings is 1. The number of hydrogen-bond acceptors (Lipinski definition) is 5. The molecule has 1 aliphatic heterocycles. The van der Waals surface area contributed by atoms with E-state index >= 15 is 0 Å². The fraction of sp³-hybridized carbons (Fsp3) is 0.300. The molecule has 0 bridgehead atoms. The molecule has 1 aliphatic rings. The molecular formula is C20H20N4O3S. The Balaban J connectivity index is 1.63. The molecule has 28 heavy (non-hydrogen) atoms. The smallest absolute Gasteiger partial charge is 0.319 e. The number of carbonyl (C=O) groups excluding carboxylic acids is 2. The van der Waals surface area contributed by atoms with E-state index < -0.39 is 11.6 Å². The highest BCUT2D eigenvalue weighted by Crippen LogP contribution is 2.30. The predicted molar refractivity (Wildman–Crippen MR) is 106 cm³/mol. The Bertz CT molecular complexity index is 1130. The number of aromatic nitrogens is 2. The molecule has 1 N–H and O–H groups in total. The number of rotatable bonds is 4. The highest BCUT2D eigenvalue weighted by Gasteiger charge is 2.49. The third kappa shape index (κ3) is 2.90. The minimum absolute atomic E-state index is 0.0476. The molecule has 1 atom stereocenters. The van der Waals surface area contributed by atoms with Gasteiger partial charge in [-0.3, -0.25) is 18.9 Å². The first-order valence-electron chi connectivity index (χ1n) is 9.00. The Morgan fingerprint density at radius 1 is 1.18 bits per heavy atom. The van der Waals surface area contributed by atoms with Crippen molar-refractivity contribution in [2.45, 2.75) is 38.8 Å². The summed E-state index contributed by atoms with van der Waals surface area (Å²) in [5, 5.41) is 4.55. The van der Waals surface area contributed by atoms with Crippen LogP contribution < -0.4 is 10.9 Å². The van der Waals surface area contributed by atoms with Gasteiger partial charge in [-0.05, 0) is 24.0 Å². The summed E-state index contributed by atoms with van der Waals surface area (Å²) in [5.41, 5.74) is 0.888. The van der Waals surface area contributed by atoms with Crippen molar-refractivity contribution in [2.24, 2.45) is 0 Å². The van der Waals surface area contributed by atoms with E-state index in [0.717, 1.165) is 16.0 Å². The largest absolute Gasteiger partial charge is 0.325 e. The zero-order chi connectivity index (χ0) is 20.1. The SMILES string of the molecule is CC(C)c1ccc([C@]2(C)NC(=O)N(Cc3cc(=O)n4ccsc4n3)C2=O)cc1. The first-order chi connectivity index (χ1) is 13.3. The Hall–Kier alpha value is -3.00. The maximum atomic E-state index is 13.1. The van der Waals surface area contributed by atoms with Gasteiger partial charge in [-0.15, -0.1) is 11.3 Å². The molecule has 0 aliphatic carbocycles. The lowest BCUT2D eigenvalue weighted by molar-refractivity contribution is -0.131. The average molecular weight is 396 g/mol. The van der Waals surface area contributed by atoms with Gasteiger partial charge in [-0.1, -0.05) is 38.1 Å². The van der Waals surface area contributed by atoms with Gasteiger partial charge in [0.05, 0.1) is 12.2 Å². The van der Waals surface area contributed by atoms with E-state index in [9.17, 15) is 14.4 Å². The lowest BCUT2D eigenvalue weighted by Crippen LogP contribution is -2.40. The third-order valence-electron chi connectivity index (χ3n) is 5.11. The van der Waals surface area contributed by atoms with Crippen LogP contribution in [0.25, 0.3) is 4.96 Å². The van der Waals surface area contributed by atoms with E-state index in [0.29, 0.717) is 16.6 Å². The van der Waals surface area contributed by atoms with Crippen molar-refractivity contribution >= 4 is 28.2 Å². The summed E-state index contributed by atoms with van der Waals surface area (Å²) in [4.78, 5) is 43.8. The van der Waals surface area contributed by atoms with Crippen LogP contribution in [-0.4, -0.2) is 26.2 Å². The first kappa shape index (κ1) is 18.4. The van der Waals surface area contributed by atoms with Gasteiger partial charge in [-0.2, -0.15) is 0 Å². The predicted octanol–water partition coefficient (Wildman–Crippen LogP) is 2.85. The standard InChI is InChI=1S/C20H20N4O3S/c1-12(2)13-4-6-14(7-5-13)20(3)17(26)24(18(27)22-20)11-15-10-16(25)23-8-9-28-19(23)21-15/h4-10,12H,11H2,1-3H3,(H,22,27)/t20-/m0/s1. The van der Waals surface area contributed by atoms with Crippen LogP contribution in [0.5, 0.6) is 0 Å². The number of carbonyl (C=O) groups is 2. The molecule has 2 aromatic heterocycles. The van der Waals surface area contributed by atoms with E-state index in [1.165, 1.54) is 21.8 Å². The molecule has 8 heteroatoms. The van der Waals surface area contributed by atoms with Gasteiger partial charge < -0.3 is 5.32 Å². The van der Waals surface area contributed by atoms with Crippen LogP contribution in [-0.2, 0) is 16.9 Å². The number of hydrogen-bond donors (Lipinski definition) is 1. The molecule has 1 aromatic carbocycles. The van der Waals surface area contributed by atoms with Gasteiger partial charge in [0.2, 0.25) is 0 Å². The first-order valence-corrected chi connectivity index (χ1v) is 9.88. The van der Waals surface area contributed by atoms with E-state index in [4.69, 9.17) is 0 Å². The number of nitrogens with one attached hydrogen (secondary N) is 1. The number of urea groups is 1. The van der Waals surface area contributed by atoms with Crippen molar-refractivity contribution in [3.63, 3.8) is 0 Å². The van der Waals surface area contributed by atoms with Crippen molar-refractivity contribution in [1.29, 1.82) is 0 Å². The summed E-state index contributed by atoms with van der Waals surface area (Å²) >= 11 is 1.32. The number of fused-ring (bicyclic) bond motifs is 1. The van der Waals surface area contributed by atoms with Gasteiger partial charge in [0.1, 0.15) is 5.54 Å². The van der Waals surface area contributed by atoms with Crippen LogP contribution >= 0.6 is 11.3 Å². The normalized spacial score (nSPS) is 19.6. The maximum Gasteiger partial charge on any atom is 0.325 e. The molecule has 0 unspecified atom stereocenters. The maximum absolute atomic E-state index is 13.1. The molecule has 0 spiro atoms. The molecule has 0 saturated carbocycles. The van der Waals surface area contributed by atoms with Crippen molar-refractivity contribution in [3.05, 3.63) is 69.1 Å². The number of thiazole rings is 1. The van der Waals surface area contributed by atoms with Crippen molar-refractivity contribution in [2.75, 3.05) is 0 Å². The van der Waals surface area contributed by atoms with Crippen LogP contribution in [0.4, 0.5) is 4.79 Å². The lowest BCUT2D eigenvalue weighted by atomic mass is 9.90. The molecule has 144 valence electrons. The van der Waals surface area contributed by atoms with Gasteiger partial charge in [-0.25, -0.2) is 9.78 Å². The minimum atomic E-state index is -1.14. The van der Waals surface area contributed by atoms with Crippen LogP contribution in [0.2, 0.25) is 0 Å². The zero-order valence-corrected chi connectivity index (χ0v) is 16.6. The van der Waals surface area contributed by atoms with Crippen LogP contribution in [0.1, 0.15) is 43.5 Å². The van der Waals surface area contributed by atoms with E-state index in [-0.39, 0.29) is 18.0 Å². The third-order valence-corrected chi connectivity index (χ3v) is 5.86. The van der Waals surface area contributed by atoms with Gasteiger partial charge >= 0.3 is 6.03 Å². The average Bonchev–Trinajstić information content (AvgIpc) is 3.21. The Labute approximate surface area is 165 Å². The number of nitrogens with zero attached hydrogens (tertiary/aromatic N) is 3. The second-order valence-electron chi connectivity index (χ2n) is 7.36. The van der Waals surface area contributed by atoms with Crippen molar-refractivity contribution < 1.29 is 9.59 Å². The number of imide groups is 1. The highest BCUT2D eigenvalue weighted by molar-refractivity contribution is 7.15.